The second kappa shape index (κ2) is 7.53. The van der Waals surface area contributed by atoms with E-state index in [1.807, 2.05) is 17.5 Å². The molecule has 0 saturated carbocycles. The zero-order chi connectivity index (χ0) is 15.2. The lowest BCUT2D eigenvalue weighted by Crippen LogP contribution is -2.38. The Balaban J connectivity index is 1.42. The number of thiophene rings is 1. The third-order valence-electron chi connectivity index (χ3n) is 3.64. The van der Waals surface area contributed by atoms with E-state index in [0.29, 0.717) is 12.2 Å². The van der Waals surface area contributed by atoms with Gasteiger partial charge in [0.15, 0.2) is 5.69 Å². The summed E-state index contributed by atoms with van der Waals surface area (Å²) in [4.78, 5) is 15.5. The highest BCUT2D eigenvalue weighted by Gasteiger charge is 2.12. The first-order chi connectivity index (χ1) is 10.8. The molecule has 0 aliphatic carbocycles. The molecule has 118 valence electrons. The van der Waals surface area contributed by atoms with Crippen molar-refractivity contribution in [1.29, 1.82) is 0 Å². The van der Waals surface area contributed by atoms with E-state index in [1.54, 1.807) is 17.4 Å². The number of ether oxygens (including phenoxy) is 1. The van der Waals surface area contributed by atoms with Gasteiger partial charge in [-0.1, -0.05) is 6.07 Å². The quantitative estimate of drug-likeness (QED) is 0.793. The summed E-state index contributed by atoms with van der Waals surface area (Å²) in [6.07, 6.45) is 0.938. The molecular weight excluding hydrogens is 300 g/mol. The van der Waals surface area contributed by atoms with Crippen LogP contribution >= 0.6 is 11.3 Å². The SMILES string of the molecule is O=C(NCCCN1CCOCC1)c1cc(-c2cccs2)[nH]n1. The molecule has 0 spiro atoms. The van der Waals surface area contributed by atoms with Crippen LogP contribution in [0.1, 0.15) is 16.9 Å². The third kappa shape index (κ3) is 3.94. The van der Waals surface area contributed by atoms with Gasteiger partial charge in [-0.15, -0.1) is 11.3 Å². The predicted molar refractivity (Wildman–Crippen MR) is 86.1 cm³/mol. The molecule has 3 rings (SSSR count). The van der Waals surface area contributed by atoms with E-state index >= 15 is 0 Å². The second-order valence-electron chi connectivity index (χ2n) is 5.21. The Bertz CT molecular complexity index is 590. The van der Waals surface area contributed by atoms with Crippen LogP contribution in [-0.2, 0) is 4.74 Å². The number of hydrogen-bond acceptors (Lipinski definition) is 5. The largest absolute Gasteiger partial charge is 0.379 e. The highest BCUT2D eigenvalue weighted by atomic mass is 32.1. The normalized spacial score (nSPS) is 15.8. The minimum atomic E-state index is -0.124. The highest BCUT2D eigenvalue weighted by molar-refractivity contribution is 7.13. The minimum Gasteiger partial charge on any atom is -0.379 e. The van der Waals surface area contributed by atoms with Crippen LogP contribution in [0.4, 0.5) is 0 Å². The van der Waals surface area contributed by atoms with Gasteiger partial charge in [0.2, 0.25) is 0 Å². The van der Waals surface area contributed by atoms with E-state index in [1.165, 1.54) is 0 Å². The lowest BCUT2D eigenvalue weighted by molar-refractivity contribution is 0.0374. The monoisotopic (exact) mass is 320 g/mol. The Morgan fingerprint density at radius 1 is 1.45 bits per heavy atom. The van der Waals surface area contributed by atoms with Crippen molar-refractivity contribution in [1.82, 2.24) is 20.4 Å². The van der Waals surface area contributed by atoms with Crippen molar-refractivity contribution >= 4 is 17.2 Å². The minimum absolute atomic E-state index is 0.124. The fourth-order valence-corrected chi connectivity index (χ4v) is 3.11. The number of nitrogens with one attached hydrogen (secondary N) is 2. The molecule has 1 amide bonds. The number of amides is 1. The number of carbonyl (C=O) groups excluding carboxylic acids is 1. The van der Waals surface area contributed by atoms with Crippen LogP contribution in [0.25, 0.3) is 10.6 Å². The van der Waals surface area contributed by atoms with E-state index in [4.69, 9.17) is 4.74 Å². The average molecular weight is 320 g/mol. The van der Waals surface area contributed by atoms with E-state index in [-0.39, 0.29) is 5.91 Å². The van der Waals surface area contributed by atoms with Gasteiger partial charge in [-0.25, -0.2) is 0 Å². The Morgan fingerprint density at radius 3 is 3.09 bits per heavy atom. The van der Waals surface area contributed by atoms with Crippen LogP contribution in [0, 0.1) is 0 Å². The van der Waals surface area contributed by atoms with Crippen molar-refractivity contribution in [2.45, 2.75) is 6.42 Å². The molecule has 0 aromatic carbocycles. The fraction of sp³-hybridized carbons (Fsp3) is 0.467. The Morgan fingerprint density at radius 2 is 2.32 bits per heavy atom. The summed E-state index contributed by atoms with van der Waals surface area (Å²) in [5.41, 5.74) is 1.32. The van der Waals surface area contributed by atoms with Gasteiger partial charge in [-0.05, 0) is 30.5 Å². The topological polar surface area (TPSA) is 70.2 Å². The molecule has 3 heterocycles. The zero-order valence-electron chi connectivity index (χ0n) is 12.4. The van der Waals surface area contributed by atoms with E-state index in [0.717, 1.165) is 49.8 Å². The van der Waals surface area contributed by atoms with E-state index < -0.39 is 0 Å². The third-order valence-corrected chi connectivity index (χ3v) is 4.54. The maximum absolute atomic E-state index is 12.1. The first kappa shape index (κ1) is 15.2. The first-order valence-electron chi connectivity index (χ1n) is 7.50. The number of nitrogens with zero attached hydrogens (tertiary/aromatic N) is 2. The number of H-pyrrole nitrogens is 1. The van der Waals surface area contributed by atoms with Crippen molar-refractivity contribution in [3.05, 3.63) is 29.3 Å². The molecule has 22 heavy (non-hydrogen) atoms. The number of carbonyl (C=O) groups is 1. The van der Waals surface area contributed by atoms with Crippen LogP contribution in [0.15, 0.2) is 23.6 Å². The molecule has 7 heteroatoms. The fourth-order valence-electron chi connectivity index (χ4n) is 2.42. The smallest absolute Gasteiger partial charge is 0.271 e. The van der Waals surface area contributed by atoms with Gasteiger partial charge in [-0.3, -0.25) is 14.8 Å². The standard InChI is InChI=1S/C15H20N4O2S/c20-15(16-4-2-5-19-6-8-21-9-7-19)13-11-12(17-18-13)14-3-1-10-22-14/h1,3,10-11H,2,4-9H2,(H,16,20)(H,17,18). The number of aromatic nitrogens is 2. The van der Waals surface area contributed by atoms with Crippen LogP contribution in [-0.4, -0.2) is 60.4 Å². The van der Waals surface area contributed by atoms with Gasteiger partial charge >= 0.3 is 0 Å². The molecular formula is C15H20N4O2S. The van der Waals surface area contributed by atoms with Gasteiger partial charge in [-0.2, -0.15) is 5.10 Å². The molecule has 0 unspecified atom stereocenters. The summed E-state index contributed by atoms with van der Waals surface area (Å²) in [6, 6.07) is 5.78. The number of aromatic amines is 1. The molecule has 2 aromatic rings. The average Bonchev–Trinajstić information content (AvgIpc) is 3.22. The van der Waals surface area contributed by atoms with Crippen LogP contribution < -0.4 is 5.32 Å². The van der Waals surface area contributed by atoms with E-state index in [9.17, 15) is 4.79 Å². The summed E-state index contributed by atoms with van der Waals surface area (Å²) in [7, 11) is 0. The van der Waals surface area contributed by atoms with E-state index in [2.05, 4.69) is 20.4 Å². The van der Waals surface area contributed by atoms with Gasteiger partial charge in [0.1, 0.15) is 0 Å². The molecule has 6 nitrogen and oxygen atoms in total. The van der Waals surface area contributed by atoms with Crippen molar-refractivity contribution in [2.75, 3.05) is 39.4 Å². The number of rotatable bonds is 6. The first-order valence-corrected chi connectivity index (χ1v) is 8.38. The Hall–Kier alpha value is -1.70. The van der Waals surface area contributed by atoms with Gasteiger partial charge in [0, 0.05) is 19.6 Å². The van der Waals surface area contributed by atoms with Crippen LogP contribution in [0.5, 0.6) is 0 Å². The van der Waals surface area contributed by atoms with Crippen molar-refractivity contribution < 1.29 is 9.53 Å². The summed E-state index contributed by atoms with van der Waals surface area (Å²) >= 11 is 1.62. The number of morpholine rings is 1. The van der Waals surface area contributed by atoms with Gasteiger partial charge < -0.3 is 10.1 Å². The molecule has 2 aromatic heterocycles. The van der Waals surface area contributed by atoms with Crippen LogP contribution in [0.3, 0.4) is 0 Å². The predicted octanol–water partition coefficient (Wildman–Crippen LogP) is 1.59. The lowest BCUT2D eigenvalue weighted by Gasteiger charge is -2.26. The molecule has 1 saturated heterocycles. The molecule has 1 aliphatic heterocycles. The maximum Gasteiger partial charge on any atom is 0.271 e. The molecule has 1 fully saturated rings. The molecule has 0 radical (unpaired) electrons. The molecule has 1 aliphatic rings. The number of hydrogen-bond donors (Lipinski definition) is 2. The summed E-state index contributed by atoms with van der Waals surface area (Å²) in [5, 5.41) is 11.9. The van der Waals surface area contributed by atoms with Gasteiger partial charge in [0.05, 0.1) is 23.8 Å². The summed E-state index contributed by atoms with van der Waals surface area (Å²) in [5.74, 6) is -0.124. The Labute approximate surface area is 133 Å². The van der Waals surface area contributed by atoms with Gasteiger partial charge in [0.25, 0.3) is 5.91 Å². The second-order valence-corrected chi connectivity index (χ2v) is 6.16. The maximum atomic E-state index is 12.1. The Kier molecular flexibility index (Phi) is 5.20. The van der Waals surface area contributed by atoms with Crippen molar-refractivity contribution in [3.8, 4) is 10.6 Å². The van der Waals surface area contributed by atoms with Crippen molar-refractivity contribution in [3.63, 3.8) is 0 Å². The molecule has 2 N–H and O–H groups in total. The highest BCUT2D eigenvalue weighted by Crippen LogP contribution is 2.22. The molecule has 0 bridgehead atoms. The summed E-state index contributed by atoms with van der Waals surface area (Å²) < 4.78 is 5.31. The zero-order valence-corrected chi connectivity index (χ0v) is 13.2. The van der Waals surface area contributed by atoms with Crippen LogP contribution in [0.2, 0.25) is 0 Å². The lowest BCUT2D eigenvalue weighted by atomic mass is 10.3. The van der Waals surface area contributed by atoms with Crippen molar-refractivity contribution in [2.24, 2.45) is 0 Å². The molecule has 0 atom stereocenters. The summed E-state index contributed by atoms with van der Waals surface area (Å²) in [6.45, 7) is 5.24.